The van der Waals surface area contributed by atoms with E-state index in [9.17, 15) is 62.7 Å². The van der Waals surface area contributed by atoms with Gasteiger partial charge in [-0.1, -0.05) is 25.6 Å². The quantitative estimate of drug-likeness (QED) is 0.0398. The average Bonchev–Trinajstić information content (AvgIpc) is 3.60. The zero-order valence-corrected chi connectivity index (χ0v) is 32.2. The van der Waals surface area contributed by atoms with Crippen LogP contribution in [0.5, 0.6) is 0 Å². The molecule has 2 aromatic heterocycles. The minimum Gasteiger partial charge on any atom is -0.386 e. The van der Waals surface area contributed by atoms with Crippen LogP contribution in [0.15, 0.2) is 12.7 Å². The zero-order chi connectivity index (χ0) is 40.6. The van der Waals surface area contributed by atoms with Crippen molar-refractivity contribution in [2.24, 2.45) is 5.41 Å². The molecular formula is C25H40N7O18P3S. The number of hydrogen-bond acceptors (Lipinski definition) is 19. The number of carbonyl (C=O) groups is 4. The van der Waals surface area contributed by atoms with Gasteiger partial charge in [-0.15, -0.1) is 0 Å². The number of phosphoric acid groups is 3. The van der Waals surface area contributed by atoms with Crippen LogP contribution in [0.25, 0.3) is 11.2 Å². The molecular weight excluding hydrogens is 811 g/mol. The molecule has 10 N–H and O–H groups in total. The first-order valence-corrected chi connectivity index (χ1v) is 21.0. The normalized spacial score (nSPS) is 21.9. The number of aromatic nitrogens is 4. The first kappa shape index (κ1) is 45.6. The fourth-order valence-electron chi connectivity index (χ4n) is 4.55. The number of nitrogens with two attached hydrogens (primary N) is 1. The van der Waals surface area contributed by atoms with Crippen molar-refractivity contribution < 1.29 is 85.3 Å². The SMILES string of the molecule is CC(=O)CC(=O)SCCNC(=O)CCNC(=O)[C@H](O)C(C)(C)COP(=O)(O)OP(=O)(O)OC[C@H]1O[C@@H](n2cnc3c(N)ncnc32)C(O)[C@H]1OP(=O)(O)O. The van der Waals surface area contributed by atoms with Crippen LogP contribution < -0.4 is 16.4 Å². The van der Waals surface area contributed by atoms with Gasteiger partial charge in [0.25, 0.3) is 0 Å². The molecule has 1 aliphatic heterocycles. The Morgan fingerprint density at radius 2 is 1.72 bits per heavy atom. The molecule has 0 spiro atoms. The minimum absolute atomic E-state index is 0.0240. The number of thioether (sulfide) groups is 1. The number of ether oxygens (including phenoxy) is 1. The molecule has 54 heavy (non-hydrogen) atoms. The monoisotopic (exact) mass is 851 g/mol. The van der Waals surface area contributed by atoms with Crippen molar-refractivity contribution in [3.63, 3.8) is 0 Å². The van der Waals surface area contributed by atoms with Crippen LogP contribution >= 0.6 is 35.2 Å². The maximum Gasteiger partial charge on any atom is 0.481 e. The molecule has 3 unspecified atom stereocenters. The van der Waals surface area contributed by atoms with Gasteiger partial charge in [0.2, 0.25) is 11.8 Å². The van der Waals surface area contributed by atoms with E-state index in [0.717, 1.165) is 29.0 Å². The number of fused-ring (bicyclic) bond motifs is 1. The average molecular weight is 852 g/mol. The van der Waals surface area contributed by atoms with Crippen molar-refractivity contribution in [2.45, 2.75) is 64.3 Å². The van der Waals surface area contributed by atoms with E-state index < -0.39 is 84.6 Å². The van der Waals surface area contributed by atoms with Gasteiger partial charge in [0.15, 0.2) is 22.8 Å². The number of aliphatic hydroxyl groups excluding tert-OH is 2. The van der Waals surface area contributed by atoms with Crippen molar-refractivity contribution in [1.29, 1.82) is 0 Å². The second kappa shape index (κ2) is 18.9. The standard InChI is InChI=1S/C25H40N7O18P3S/c1-13(33)8-16(35)54-7-6-27-15(34)4-5-28-23(38)20(37)25(2,3)10-47-53(44,45)50-52(42,43)46-9-14-19(49-51(39,40)41)18(36)24(48-14)32-12-31-17-21(26)29-11-30-22(17)32/h11-12,14,18-20,24,36-37H,4-10H2,1-3H3,(H,27,34)(H,28,38)(H,42,43)(H,44,45)(H2,26,29,30)(H2,39,40,41)/t14-,18?,19+,20+,24-/m1/s1. The number of Topliss-reactive ketones (excluding diaryl/α,β-unsaturated/α-hetero) is 1. The second-order valence-corrected chi connectivity index (χ2v) is 17.6. The molecule has 304 valence electrons. The lowest BCUT2D eigenvalue weighted by Gasteiger charge is -2.30. The Hall–Kier alpha value is -2.77. The molecule has 0 radical (unpaired) electrons. The van der Waals surface area contributed by atoms with Gasteiger partial charge in [-0.05, 0) is 6.92 Å². The fraction of sp³-hybridized carbons (Fsp3) is 0.640. The summed E-state index contributed by atoms with van der Waals surface area (Å²) in [5, 5.41) is 25.8. The predicted molar refractivity (Wildman–Crippen MR) is 182 cm³/mol. The summed E-state index contributed by atoms with van der Waals surface area (Å²) in [4.78, 5) is 97.7. The molecule has 29 heteroatoms. The first-order chi connectivity index (χ1) is 24.9. The number of ketones is 1. The van der Waals surface area contributed by atoms with Crippen LogP contribution in [0.4, 0.5) is 5.82 Å². The van der Waals surface area contributed by atoms with Crippen molar-refractivity contribution in [2.75, 3.05) is 37.8 Å². The molecule has 0 saturated carbocycles. The highest BCUT2D eigenvalue weighted by atomic mass is 32.2. The smallest absolute Gasteiger partial charge is 0.386 e. The molecule has 0 aromatic carbocycles. The highest BCUT2D eigenvalue weighted by Crippen LogP contribution is 2.61. The van der Waals surface area contributed by atoms with Crippen molar-refractivity contribution in [3.8, 4) is 0 Å². The lowest BCUT2D eigenvalue weighted by Crippen LogP contribution is -2.46. The van der Waals surface area contributed by atoms with Crippen LogP contribution in [0.1, 0.15) is 39.8 Å². The third kappa shape index (κ3) is 13.8. The topological polar surface area (TPSA) is 381 Å². The molecule has 0 bridgehead atoms. The molecule has 1 fully saturated rings. The number of rotatable bonds is 21. The number of imidazole rings is 1. The summed E-state index contributed by atoms with van der Waals surface area (Å²) in [6.07, 6.45) is -7.24. The van der Waals surface area contributed by atoms with E-state index in [1.807, 2.05) is 0 Å². The van der Waals surface area contributed by atoms with Crippen LogP contribution in [-0.2, 0) is 55.5 Å². The third-order valence-electron chi connectivity index (χ3n) is 7.16. The number of nitrogen functional groups attached to an aromatic ring is 1. The molecule has 0 aliphatic carbocycles. The number of aliphatic hydroxyl groups is 2. The number of nitrogens with one attached hydrogen (secondary N) is 2. The minimum atomic E-state index is -5.58. The molecule has 1 aliphatic rings. The molecule has 2 amide bonds. The number of carbonyl (C=O) groups excluding carboxylic acids is 4. The van der Waals surface area contributed by atoms with Crippen LogP contribution in [0.3, 0.4) is 0 Å². The Kier molecular flexibility index (Phi) is 16.0. The summed E-state index contributed by atoms with van der Waals surface area (Å²) in [5.74, 6) is -1.61. The molecule has 3 rings (SSSR count). The van der Waals surface area contributed by atoms with Crippen molar-refractivity contribution >= 4 is 74.9 Å². The van der Waals surface area contributed by atoms with Crippen molar-refractivity contribution in [1.82, 2.24) is 30.2 Å². The van der Waals surface area contributed by atoms with Gasteiger partial charge in [0.05, 0.1) is 26.0 Å². The number of nitrogens with zero attached hydrogens (tertiary/aromatic N) is 4. The van der Waals surface area contributed by atoms with E-state index in [2.05, 4.69) is 34.4 Å². The maximum absolute atomic E-state index is 12.6. The van der Waals surface area contributed by atoms with E-state index >= 15 is 0 Å². The van der Waals surface area contributed by atoms with Crippen molar-refractivity contribution in [3.05, 3.63) is 12.7 Å². The van der Waals surface area contributed by atoms with E-state index in [1.165, 1.54) is 20.8 Å². The van der Waals surface area contributed by atoms with Gasteiger partial charge < -0.3 is 50.9 Å². The fourth-order valence-corrected chi connectivity index (χ4v) is 8.12. The predicted octanol–water partition coefficient (Wildman–Crippen LogP) is -1.36. The van der Waals surface area contributed by atoms with Gasteiger partial charge in [-0.2, -0.15) is 4.31 Å². The molecule has 3 heterocycles. The Labute approximate surface area is 310 Å². The Morgan fingerprint density at radius 1 is 1.06 bits per heavy atom. The molecule has 1 saturated heterocycles. The van der Waals surface area contributed by atoms with Crippen LogP contribution in [0.2, 0.25) is 0 Å². The Bertz CT molecular complexity index is 1830. The number of amides is 2. The van der Waals surface area contributed by atoms with E-state index in [0.29, 0.717) is 0 Å². The van der Waals surface area contributed by atoms with Crippen LogP contribution in [0, 0.1) is 5.41 Å². The highest BCUT2D eigenvalue weighted by molar-refractivity contribution is 8.13. The summed E-state index contributed by atoms with van der Waals surface area (Å²) in [6.45, 7) is 1.58. The largest absolute Gasteiger partial charge is 0.481 e. The molecule has 7 atom stereocenters. The molecule has 25 nitrogen and oxygen atoms in total. The summed E-state index contributed by atoms with van der Waals surface area (Å²) in [6, 6.07) is 0. The first-order valence-electron chi connectivity index (χ1n) is 15.5. The maximum atomic E-state index is 12.6. The lowest BCUT2D eigenvalue weighted by atomic mass is 9.87. The van der Waals surface area contributed by atoms with Crippen LogP contribution in [-0.4, -0.2) is 128 Å². The van der Waals surface area contributed by atoms with E-state index in [-0.39, 0.29) is 59.6 Å². The summed E-state index contributed by atoms with van der Waals surface area (Å²) in [5.41, 5.74) is 4.22. The number of phosphoric ester groups is 3. The Morgan fingerprint density at radius 3 is 2.37 bits per heavy atom. The Balaban J connectivity index is 1.51. The van der Waals surface area contributed by atoms with E-state index in [1.54, 1.807) is 0 Å². The second-order valence-electron chi connectivity index (χ2n) is 12.2. The van der Waals surface area contributed by atoms with Gasteiger partial charge in [0.1, 0.15) is 42.0 Å². The van der Waals surface area contributed by atoms with Gasteiger partial charge in [-0.3, -0.25) is 37.3 Å². The third-order valence-corrected chi connectivity index (χ3v) is 11.1. The number of anilines is 1. The van der Waals surface area contributed by atoms with Gasteiger partial charge in [0, 0.05) is 30.7 Å². The molecule has 2 aromatic rings. The lowest BCUT2D eigenvalue weighted by molar-refractivity contribution is -0.137. The summed E-state index contributed by atoms with van der Waals surface area (Å²) in [7, 11) is -16.4. The van der Waals surface area contributed by atoms with Gasteiger partial charge in [-0.25, -0.2) is 28.6 Å². The van der Waals surface area contributed by atoms with Gasteiger partial charge >= 0.3 is 23.5 Å². The zero-order valence-electron chi connectivity index (χ0n) is 28.7. The summed E-state index contributed by atoms with van der Waals surface area (Å²) >= 11 is 0.878. The van der Waals surface area contributed by atoms with E-state index in [4.69, 9.17) is 19.5 Å². The number of hydrogen-bond donors (Lipinski definition) is 9. The highest BCUT2D eigenvalue weighted by Gasteiger charge is 2.50. The summed E-state index contributed by atoms with van der Waals surface area (Å²) < 4.78 is 61.9.